The van der Waals surface area contributed by atoms with Crippen molar-refractivity contribution >= 4 is 28.9 Å². The maximum atomic E-state index is 13.0. The molecule has 9 nitrogen and oxygen atoms in total. The molecule has 32 heavy (non-hydrogen) atoms. The van der Waals surface area contributed by atoms with E-state index in [1.807, 2.05) is 12.1 Å². The molecule has 0 atom stereocenters. The maximum Gasteiger partial charge on any atom is 0.294 e. The smallest absolute Gasteiger partial charge is 0.294 e. The lowest BCUT2D eigenvalue weighted by molar-refractivity contribution is -0.384. The molecular formula is C22H16ClN5O4. The van der Waals surface area contributed by atoms with Gasteiger partial charge in [-0.05, 0) is 43.3 Å². The molecule has 0 unspecified atom stereocenters. The number of aryl methyl sites for hydroxylation is 1. The third-order valence-electron chi connectivity index (χ3n) is 4.72. The lowest BCUT2D eigenvalue weighted by Crippen LogP contribution is -2.27. The van der Waals surface area contributed by atoms with Crippen molar-refractivity contribution in [2.45, 2.75) is 6.92 Å². The SMILES string of the molecule is Cc1cc(=O)c(C(=O)Nc2ccc(Cl)cc2-n2cccc2)nn1-c1ccccc1[N+](=O)[O-]. The monoisotopic (exact) mass is 449 g/mol. The van der Waals surface area contributed by atoms with Crippen LogP contribution < -0.4 is 10.7 Å². The summed E-state index contributed by atoms with van der Waals surface area (Å²) >= 11 is 6.11. The largest absolute Gasteiger partial charge is 0.322 e. The summed E-state index contributed by atoms with van der Waals surface area (Å²) in [5.41, 5.74) is 0.291. The number of nitrogens with zero attached hydrogens (tertiary/aromatic N) is 4. The number of aromatic nitrogens is 3. The molecule has 0 fully saturated rings. The molecule has 0 aliphatic rings. The van der Waals surface area contributed by atoms with Gasteiger partial charge in [-0.1, -0.05) is 23.7 Å². The van der Waals surface area contributed by atoms with E-state index in [-0.39, 0.29) is 11.4 Å². The van der Waals surface area contributed by atoms with Gasteiger partial charge in [0, 0.05) is 35.2 Å². The molecule has 2 heterocycles. The van der Waals surface area contributed by atoms with Crippen molar-refractivity contribution in [3.63, 3.8) is 0 Å². The summed E-state index contributed by atoms with van der Waals surface area (Å²) in [4.78, 5) is 36.4. The summed E-state index contributed by atoms with van der Waals surface area (Å²) in [7, 11) is 0. The molecule has 0 radical (unpaired) electrons. The van der Waals surface area contributed by atoms with Crippen LogP contribution in [0.1, 0.15) is 16.2 Å². The molecule has 10 heteroatoms. The normalized spacial score (nSPS) is 10.7. The zero-order chi connectivity index (χ0) is 22.8. The van der Waals surface area contributed by atoms with Crippen LogP contribution in [0.2, 0.25) is 5.02 Å². The van der Waals surface area contributed by atoms with Crippen LogP contribution in [0.15, 0.2) is 77.9 Å². The topological polar surface area (TPSA) is 112 Å². The van der Waals surface area contributed by atoms with Gasteiger partial charge in [0.1, 0.15) is 5.69 Å². The number of nitrogens with one attached hydrogen (secondary N) is 1. The van der Waals surface area contributed by atoms with Gasteiger partial charge >= 0.3 is 0 Å². The first-order valence-corrected chi connectivity index (χ1v) is 9.82. The second-order valence-electron chi connectivity index (χ2n) is 6.86. The lowest BCUT2D eigenvalue weighted by Gasteiger charge is -2.14. The Morgan fingerprint density at radius 3 is 2.50 bits per heavy atom. The Morgan fingerprint density at radius 2 is 1.78 bits per heavy atom. The molecular weight excluding hydrogens is 434 g/mol. The number of hydrogen-bond acceptors (Lipinski definition) is 5. The molecule has 0 saturated carbocycles. The Balaban J connectivity index is 1.77. The highest BCUT2D eigenvalue weighted by atomic mass is 35.5. The fourth-order valence-corrected chi connectivity index (χ4v) is 3.41. The number of carbonyl (C=O) groups excluding carboxylic acids is 1. The molecule has 1 amide bonds. The van der Waals surface area contributed by atoms with E-state index < -0.39 is 22.0 Å². The Labute approximate surface area is 186 Å². The van der Waals surface area contributed by atoms with E-state index in [0.29, 0.717) is 22.1 Å². The molecule has 0 spiro atoms. The summed E-state index contributed by atoms with van der Waals surface area (Å²) < 4.78 is 2.97. The van der Waals surface area contributed by atoms with Crippen molar-refractivity contribution in [3.05, 3.63) is 110 Å². The van der Waals surface area contributed by atoms with Crippen LogP contribution in [-0.2, 0) is 0 Å². The highest BCUT2D eigenvalue weighted by Gasteiger charge is 2.21. The second kappa shape index (κ2) is 8.48. The zero-order valence-electron chi connectivity index (χ0n) is 16.7. The fourth-order valence-electron chi connectivity index (χ4n) is 3.25. The van der Waals surface area contributed by atoms with Gasteiger partial charge in [0.2, 0.25) is 5.43 Å². The van der Waals surface area contributed by atoms with Crippen LogP contribution in [0, 0.1) is 17.0 Å². The number of halogens is 1. The Hall–Kier alpha value is -4.24. The molecule has 1 N–H and O–H groups in total. The molecule has 2 aromatic carbocycles. The predicted octanol–water partition coefficient (Wildman–Crippen LogP) is 4.15. The van der Waals surface area contributed by atoms with Crippen LogP contribution in [-0.4, -0.2) is 25.2 Å². The first-order valence-electron chi connectivity index (χ1n) is 9.44. The van der Waals surface area contributed by atoms with E-state index in [2.05, 4.69) is 10.4 Å². The van der Waals surface area contributed by atoms with E-state index in [1.54, 1.807) is 48.1 Å². The van der Waals surface area contributed by atoms with E-state index in [0.717, 1.165) is 0 Å². The van der Waals surface area contributed by atoms with Gasteiger partial charge in [-0.3, -0.25) is 19.7 Å². The van der Waals surface area contributed by atoms with Crippen molar-refractivity contribution in [3.8, 4) is 11.4 Å². The van der Waals surface area contributed by atoms with Crippen LogP contribution in [0.3, 0.4) is 0 Å². The Kier molecular flexibility index (Phi) is 5.57. The summed E-state index contributed by atoms with van der Waals surface area (Å²) in [5, 5.41) is 18.7. The van der Waals surface area contributed by atoms with Crippen molar-refractivity contribution in [2.75, 3.05) is 5.32 Å². The molecule has 0 aliphatic heterocycles. The van der Waals surface area contributed by atoms with E-state index in [1.165, 1.54) is 28.9 Å². The van der Waals surface area contributed by atoms with E-state index in [4.69, 9.17) is 11.6 Å². The fraction of sp³-hybridized carbons (Fsp3) is 0.0455. The summed E-state index contributed by atoms with van der Waals surface area (Å²) in [6.07, 6.45) is 3.57. The quantitative estimate of drug-likeness (QED) is 0.363. The summed E-state index contributed by atoms with van der Waals surface area (Å²) in [6.45, 7) is 1.58. The lowest BCUT2D eigenvalue weighted by atomic mass is 10.2. The summed E-state index contributed by atoms with van der Waals surface area (Å²) in [6, 6.07) is 15.7. The van der Waals surface area contributed by atoms with Gasteiger partial charge in [0.15, 0.2) is 5.69 Å². The second-order valence-corrected chi connectivity index (χ2v) is 7.30. The molecule has 4 rings (SSSR count). The van der Waals surface area contributed by atoms with Gasteiger partial charge in [0.05, 0.1) is 16.3 Å². The van der Waals surface area contributed by atoms with E-state index >= 15 is 0 Å². The molecule has 0 aliphatic carbocycles. The minimum atomic E-state index is -0.752. The number of benzene rings is 2. The average molecular weight is 450 g/mol. The van der Waals surface area contributed by atoms with E-state index in [9.17, 15) is 19.7 Å². The van der Waals surface area contributed by atoms with Crippen LogP contribution in [0.25, 0.3) is 11.4 Å². The number of carbonyl (C=O) groups is 1. The molecule has 4 aromatic rings. The highest BCUT2D eigenvalue weighted by Crippen LogP contribution is 2.25. The number of rotatable bonds is 5. The van der Waals surface area contributed by atoms with Crippen LogP contribution >= 0.6 is 11.6 Å². The molecule has 2 aromatic heterocycles. The Bertz CT molecular complexity index is 1400. The number of para-hydroxylation sites is 2. The zero-order valence-corrected chi connectivity index (χ0v) is 17.5. The standard InChI is InChI=1S/C22H16ClN5O4/c1-14-12-20(29)21(25-27(14)17-6-2-3-7-18(17)28(31)32)22(30)24-16-9-8-15(23)13-19(16)26-10-4-5-11-26/h2-13H,1H3,(H,24,30). The predicted molar refractivity (Wildman–Crippen MR) is 120 cm³/mol. The van der Waals surface area contributed by atoms with Gasteiger partial charge in [-0.2, -0.15) is 5.10 Å². The molecule has 160 valence electrons. The highest BCUT2D eigenvalue weighted by molar-refractivity contribution is 6.31. The first kappa shape index (κ1) is 21.0. The minimum Gasteiger partial charge on any atom is -0.322 e. The number of amides is 1. The van der Waals surface area contributed by atoms with Crippen molar-refractivity contribution in [2.24, 2.45) is 0 Å². The van der Waals surface area contributed by atoms with Gasteiger partial charge in [0.25, 0.3) is 11.6 Å². The maximum absolute atomic E-state index is 13.0. The molecule has 0 saturated heterocycles. The van der Waals surface area contributed by atoms with Crippen molar-refractivity contribution < 1.29 is 9.72 Å². The number of hydrogen-bond donors (Lipinski definition) is 1. The van der Waals surface area contributed by atoms with Gasteiger partial charge < -0.3 is 9.88 Å². The third kappa shape index (κ3) is 4.01. The van der Waals surface area contributed by atoms with Crippen molar-refractivity contribution in [1.29, 1.82) is 0 Å². The molecule has 0 bridgehead atoms. The number of anilines is 1. The minimum absolute atomic E-state index is 0.142. The van der Waals surface area contributed by atoms with Gasteiger partial charge in [-0.15, -0.1) is 0 Å². The van der Waals surface area contributed by atoms with Gasteiger partial charge in [-0.25, -0.2) is 4.68 Å². The van der Waals surface area contributed by atoms with Crippen molar-refractivity contribution in [1.82, 2.24) is 14.3 Å². The first-order chi connectivity index (χ1) is 15.3. The van der Waals surface area contributed by atoms with Crippen LogP contribution in [0.4, 0.5) is 11.4 Å². The van der Waals surface area contributed by atoms with Crippen LogP contribution in [0.5, 0.6) is 0 Å². The number of nitro benzene ring substituents is 1. The third-order valence-corrected chi connectivity index (χ3v) is 4.95. The average Bonchev–Trinajstić information content (AvgIpc) is 3.30. The summed E-state index contributed by atoms with van der Waals surface area (Å²) in [5.74, 6) is -0.752. The Morgan fingerprint density at radius 1 is 1.06 bits per heavy atom. The number of nitro groups is 1.